The first kappa shape index (κ1) is 22.0. The predicted octanol–water partition coefficient (Wildman–Crippen LogP) is 3.52. The number of likely N-dealkylation sites (tertiary alicyclic amines) is 1. The van der Waals surface area contributed by atoms with Crippen molar-refractivity contribution in [3.8, 4) is 0 Å². The van der Waals surface area contributed by atoms with Crippen molar-refractivity contribution >= 4 is 11.6 Å². The normalized spacial score (nSPS) is 16.5. The summed E-state index contributed by atoms with van der Waals surface area (Å²) in [6.45, 7) is 4.57. The minimum Gasteiger partial charge on any atom is -0.469 e. The van der Waals surface area contributed by atoms with Crippen molar-refractivity contribution in [2.75, 3.05) is 44.7 Å². The van der Waals surface area contributed by atoms with Crippen molar-refractivity contribution in [2.45, 2.75) is 25.2 Å². The molecule has 7 nitrogen and oxygen atoms in total. The Morgan fingerprint density at radius 3 is 2.88 bits per heavy atom. The van der Waals surface area contributed by atoms with Gasteiger partial charge < -0.3 is 19.5 Å². The Morgan fingerprint density at radius 2 is 2.12 bits per heavy atom. The van der Waals surface area contributed by atoms with Crippen molar-refractivity contribution in [1.29, 1.82) is 0 Å². The first-order valence-electron chi connectivity index (χ1n) is 11.5. The molecule has 170 valence electrons. The number of para-hydroxylation sites is 1. The Labute approximate surface area is 190 Å². The number of aryl methyl sites for hydroxylation is 1. The molecule has 1 fully saturated rings. The fourth-order valence-electron chi connectivity index (χ4n) is 4.20. The number of furan rings is 1. The number of aliphatic imine (C=N–C) groups is 1. The second-order valence-electron chi connectivity index (χ2n) is 8.45. The number of nitrogens with zero attached hydrogens (tertiary/aromatic N) is 5. The van der Waals surface area contributed by atoms with Crippen molar-refractivity contribution in [3.63, 3.8) is 0 Å². The van der Waals surface area contributed by atoms with Gasteiger partial charge in [-0.3, -0.25) is 9.67 Å². The summed E-state index contributed by atoms with van der Waals surface area (Å²) in [6.07, 6.45) is 8.84. The SMILES string of the molecule is CN(CCCN=C(NCCc1ccco1)N1CCC(c2cnn(C)c2)C1)c1ccccc1. The molecule has 7 heteroatoms. The third-order valence-electron chi connectivity index (χ3n) is 6.03. The van der Waals surface area contributed by atoms with Crippen LogP contribution in [0, 0.1) is 0 Å². The first-order valence-corrected chi connectivity index (χ1v) is 11.5. The minimum absolute atomic E-state index is 0.505. The molecule has 4 rings (SSSR count). The van der Waals surface area contributed by atoms with E-state index in [1.54, 1.807) is 6.26 Å². The zero-order chi connectivity index (χ0) is 22.2. The second kappa shape index (κ2) is 10.9. The Morgan fingerprint density at radius 1 is 1.25 bits per heavy atom. The molecule has 1 aliphatic rings. The lowest BCUT2D eigenvalue weighted by Gasteiger charge is -2.23. The van der Waals surface area contributed by atoms with E-state index in [1.165, 1.54) is 11.3 Å². The monoisotopic (exact) mass is 434 g/mol. The quantitative estimate of drug-likeness (QED) is 0.317. The molecular formula is C25H34N6O. The number of aromatic nitrogens is 2. The number of rotatable bonds is 9. The van der Waals surface area contributed by atoms with E-state index in [2.05, 4.69) is 63.8 Å². The van der Waals surface area contributed by atoms with Crippen LogP contribution in [0.4, 0.5) is 5.69 Å². The molecule has 1 saturated heterocycles. The van der Waals surface area contributed by atoms with E-state index < -0.39 is 0 Å². The first-order chi connectivity index (χ1) is 15.7. The summed E-state index contributed by atoms with van der Waals surface area (Å²) in [5.74, 6) is 2.51. The van der Waals surface area contributed by atoms with Gasteiger partial charge in [-0.15, -0.1) is 0 Å². The standard InChI is InChI=1S/C25H34N6O/c1-29(23-8-4-3-5-9-23)15-7-13-26-25(27-14-11-24-10-6-17-32-24)31-16-12-21(20-31)22-18-28-30(2)19-22/h3-6,8-10,17-19,21H,7,11-16,20H2,1-2H3,(H,26,27). The van der Waals surface area contributed by atoms with E-state index in [4.69, 9.17) is 9.41 Å². The van der Waals surface area contributed by atoms with E-state index in [0.29, 0.717) is 5.92 Å². The van der Waals surface area contributed by atoms with Gasteiger partial charge in [0.05, 0.1) is 12.5 Å². The lowest BCUT2D eigenvalue weighted by atomic mass is 10.0. The largest absolute Gasteiger partial charge is 0.469 e. The Kier molecular flexibility index (Phi) is 7.48. The molecule has 0 spiro atoms. The van der Waals surface area contributed by atoms with Crippen LogP contribution in [-0.4, -0.2) is 60.4 Å². The van der Waals surface area contributed by atoms with Gasteiger partial charge in [0.2, 0.25) is 0 Å². The van der Waals surface area contributed by atoms with Gasteiger partial charge in [-0.05, 0) is 42.7 Å². The van der Waals surface area contributed by atoms with Crippen molar-refractivity contribution < 1.29 is 4.42 Å². The number of guanidine groups is 1. The van der Waals surface area contributed by atoms with Crippen LogP contribution in [0.25, 0.3) is 0 Å². The van der Waals surface area contributed by atoms with Crippen molar-refractivity contribution in [2.24, 2.45) is 12.0 Å². The zero-order valence-corrected chi connectivity index (χ0v) is 19.2. The number of hydrogen-bond donors (Lipinski definition) is 1. The highest BCUT2D eigenvalue weighted by Gasteiger charge is 2.27. The maximum absolute atomic E-state index is 5.48. The van der Waals surface area contributed by atoms with Gasteiger partial charge >= 0.3 is 0 Å². The Balaban J connectivity index is 1.33. The van der Waals surface area contributed by atoms with Gasteiger partial charge in [0.1, 0.15) is 5.76 Å². The van der Waals surface area contributed by atoms with Gasteiger partial charge in [0, 0.05) is 71.0 Å². The molecule has 0 aliphatic carbocycles. The average molecular weight is 435 g/mol. The second-order valence-corrected chi connectivity index (χ2v) is 8.45. The lowest BCUT2D eigenvalue weighted by Crippen LogP contribution is -2.41. The highest BCUT2D eigenvalue weighted by molar-refractivity contribution is 5.80. The molecule has 1 aromatic carbocycles. The molecule has 0 amide bonds. The minimum atomic E-state index is 0.505. The topological polar surface area (TPSA) is 61.8 Å². The Hall–Kier alpha value is -3.22. The molecule has 1 atom stereocenters. The predicted molar refractivity (Wildman–Crippen MR) is 129 cm³/mol. The number of hydrogen-bond acceptors (Lipinski definition) is 4. The van der Waals surface area contributed by atoms with Crippen LogP contribution < -0.4 is 10.2 Å². The van der Waals surface area contributed by atoms with Gasteiger partial charge in [-0.1, -0.05) is 18.2 Å². The van der Waals surface area contributed by atoms with E-state index in [9.17, 15) is 0 Å². The third kappa shape index (κ3) is 5.93. The molecule has 0 saturated carbocycles. The van der Waals surface area contributed by atoms with Crippen LogP contribution in [-0.2, 0) is 13.5 Å². The summed E-state index contributed by atoms with van der Waals surface area (Å²) in [7, 11) is 4.12. The average Bonchev–Trinajstić information content (AvgIpc) is 3.58. The fraction of sp³-hybridized carbons (Fsp3) is 0.440. The number of anilines is 1. The summed E-state index contributed by atoms with van der Waals surface area (Å²) >= 11 is 0. The number of benzene rings is 1. The highest BCUT2D eigenvalue weighted by atomic mass is 16.3. The summed E-state index contributed by atoms with van der Waals surface area (Å²) < 4.78 is 7.36. The summed E-state index contributed by atoms with van der Waals surface area (Å²) in [4.78, 5) is 9.65. The van der Waals surface area contributed by atoms with Gasteiger partial charge in [0.15, 0.2) is 5.96 Å². The van der Waals surface area contributed by atoms with Gasteiger partial charge in [0.25, 0.3) is 0 Å². The molecule has 32 heavy (non-hydrogen) atoms. The van der Waals surface area contributed by atoms with Crippen molar-refractivity contribution in [3.05, 3.63) is 72.4 Å². The maximum atomic E-state index is 5.48. The van der Waals surface area contributed by atoms with Crippen molar-refractivity contribution in [1.82, 2.24) is 20.0 Å². The highest BCUT2D eigenvalue weighted by Crippen LogP contribution is 2.26. The molecule has 3 heterocycles. The third-order valence-corrected chi connectivity index (χ3v) is 6.03. The Bertz CT molecular complexity index is 966. The van der Waals surface area contributed by atoms with Crippen LogP contribution in [0.1, 0.15) is 30.1 Å². The van der Waals surface area contributed by atoms with E-state index in [0.717, 1.165) is 63.7 Å². The molecule has 3 aromatic rings. The van der Waals surface area contributed by atoms with E-state index in [1.807, 2.05) is 30.1 Å². The summed E-state index contributed by atoms with van der Waals surface area (Å²) in [5, 5.41) is 7.93. The maximum Gasteiger partial charge on any atom is 0.193 e. The van der Waals surface area contributed by atoms with Crippen LogP contribution >= 0.6 is 0 Å². The molecule has 1 N–H and O–H groups in total. The fourth-order valence-corrected chi connectivity index (χ4v) is 4.20. The van der Waals surface area contributed by atoms with Crippen LogP contribution in [0.15, 0.2) is 70.5 Å². The molecule has 0 bridgehead atoms. The zero-order valence-electron chi connectivity index (χ0n) is 19.2. The molecule has 1 aliphatic heterocycles. The summed E-state index contributed by atoms with van der Waals surface area (Å²) in [6, 6.07) is 14.5. The van der Waals surface area contributed by atoms with E-state index >= 15 is 0 Å². The molecular weight excluding hydrogens is 400 g/mol. The lowest BCUT2D eigenvalue weighted by molar-refractivity contribution is 0.475. The summed E-state index contributed by atoms with van der Waals surface area (Å²) in [5.41, 5.74) is 2.56. The van der Waals surface area contributed by atoms with Gasteiger partial charge in [-0.2, -0.15) is 5.10 Å². The smallest absolute Gasteiger partial charge is 0.193 e. The van der Waals surface area contributed by atoms with Gasteiger partial charge in [-0.25, -0.2) is 0 Å². The van der Waals surface area contributed by atoms with Crippen LogP contribution in [0.2, 0.25) is 0 Å². The molecule has 1 unspecified atom stereocenters. The molecule has 0 radical (unpaired) electrons. The molecule has 2 aromatic heterocycles. The van der Waals surface area contributed by atoms with Crippen LogP contribution in [0.3, 0.4) is 0 Å². The number of nitrogens with one attached hydrogen (secondary N) is 1. The van der Waals surface area contributed by atoms with Crippen LogP contribution in [0.5, 0.6) is 0 Å². The van der Waals surface area contributed by atoms with E-state index in [-0.39, 0.29) is 0 Å².